The second-order valence-corrected chi connectivity index (χ2v) is 4.11. The van der Waals surface area contributed by atoms with Crippen LogP contribution in [0.5, 0.6) is 0 Å². The molecule has 0 aliphatic heterocycles. The SMILES string of the molecule is N#CCc1ccc(NC(=O)c2cccc(N)c2)cc1. The van der Waals surface area contributed by atoms with Gasteiger partial charge in [-0.2, -0.15) is 5.26 Å². The molecule has 94 valence electrons. The number of nitrogen functional groups attached to an aromatic ring is 1. The van der Waals surface area contributed by atoms with Crippen molar-refractivity contribution in [2.24, 2.45) is 0 Å². The lowest BCUT2D eigenvalue weighted by molar-refractivity contribution is 0.102. The Morgan fingerprint density at radius 3 is 2.58 bits per heavy atom. The molecule has 2 aromatic carbocycles. The van der Waals surface area contributed by atoms with Crippen molar-refractivity contribution in [1.82, 2.24) is 0 Å². The number of benzene rings is 2. The summed E-state index contributed by atoms with van der Waals surface area (Å²) in [5.41, 5.74) is 8.31. The molecule has 0 saturated heterocycles. The molecule has 0 heterocycles. The Bertz CT molecular complexity index is 627. The highest BCUT2D eigenvalue weighted by molar-refractivity contribution is 6.04. The molecule has 0 unspecified atom stereocenters. The Labute approximate surface area is 111 Å². The second-order valence-electron chi connectivity index (χ2n) is 4.11. The number of anilines is 2. The zero-order valence-corrected chi connectivity index (χ0v) is 10.3. The third kappa shape index (κ3) is 3.33. The monoisotopic (exact) mass is 251 g/mol. The first-order chi connectivity index (χ1) is 9.19. The van der Waals surface area contributed by atoms with Gasteiger partial charge >= 0.3 is 0 Å². The molecule has 0 bridgehead atoms. The van der Waals surface area contributed by atoms with Gasteiger partial charge in [0.2, 0.25) is 0 Å². The number of hydrogen-bond acceptors (Lipinski definition) is 3. The van der Waals surface area contributed by atoms with Crippen LogP contribution in [0.2, 0.25) is 0 Å². The summed E-state index contributed by atoms with van der Waals surface area (Å²) in [7, 11) is 0. The van der Waals surface area contributed by atoms with Gasteiger partial charge in [-0.25, -0.2) is 0 Å². The van der Waals surface area contributed by atoms with E-state index in [0.29, 0.717) is 23.4 Å². The van der Waals surface area contributed by atoms with E-state index < -0.39 is 0 Å². The third-order valence-electron chi connectivity index (χ3n) is 2.64. The minimum absolute atomic E-state index is 0.208. The molecule has 0 aliphatic rings. The molecule has 0 saturated carbocycles. The summed E-state index contributed by atoms with van der Waals surface area (Å²) >= 11 is 0. The highest BCUT2D eigenvalue weighted by Crippen LogP contribution is 2.13. The van der Waals surface area contributed by atoms with Crippen LogP contribution in [0, 0.1) is 11.3 Å². The topological polar surface area (TPSA) is 78.9 Å². The number of nitriles is 1. The molecule has 0 radical (unpaired) electrons. The van der Waals surface area contributed by atoms with Crippen LogP contribution >= 0.6 is 0 Å². The summed E-state index contributed by atoms with van der Waals surface area (Å²) < 4.78 is 0. The summed E-state index contributed by atoms with van der Waals surface area (Å²) in [6.45, 7) is 0. The van der Waals surface area contributed by atoms with E-state index in [1.165, 1.54) is 0 Å². The first kappa shape index (κ1) is 12.7. The third-order valence-corrected chi connectivity index (χ3v) is 2.64. The molecular formula is C15H13N3O. The zero-order chi connectivity index (χ0) is 13.7. The van der Waals surface area contributed by atoms with E-state index in [-0.39, 0.29) is 5.91 Å². The van der Waals surface area contributed by atoms with Gasteiger partial charge in [-0.15, -0.1) is 0 Å². The lowest BCUT2D eigenvalue weighted by atomic mass is 10.1. The quantitative estimate of drug-likeness (QED) is 0.823. The molecule has 0 spiro atoms. The summed E-state index contributed by atoms with van der Waals surface area (Å²) in [6, 6.07) is 16.1. The van der Waals surface area contributed by atoms with Gasteiger partial charge in [0.25, 0.3) is 5.91 Å². The highest BCUT2D eigenvalue weighted by Gasteiger charge is 2.05. The van der Waals surface area contributed by atoms with Crippen molar-refractivity contribution in [2.75, 3.05) is 11.1 Å². The predicted molar refractivity (Wildman–Crippen MR) is 74.6 cm³/mol. The normalized spacial score (nSPS) is 9.63. The lowest BCUT2D eigenvalue weighted by Crippen LogP contribution is -2.12. The van der Waals surface area contributed by atoms with E-state index in [9.17, 15) is 4.79 Å². The van der Waals surface area contributed by atoms with Gasteiger partial charge in [0.1, 0.15) is 0 Å². The van der Waals surface area contributed by atoms with Gasteiger partial charge in [-0.3, -0.25) is 4.79 Å². The zero-order valence-electron chi connectivity index (χ0n) is 10.3. The molecule has 0 fully saturated rings. The van der Waals surface area contributed by atoms with Crippen LogP contribution in [0.4, 0.5) is 11.4 Å². The maximum atomic E-state index is 12.0. The molecule has 0 aliphatic carbocycles. The molecule has 4 heteroatoms. The standard InChI is InChI=1S/C15H13N3O/c16-9-8-11-4-6-14(7-5-11)18-15(19)12-2-1-3-13(17)10-12/h1-7,10H,8,17H2,(H,18,19). The van der Waals surface area contributed by atoms with E-state index in [4.69, 9.17) is 11.0 Å². The van der Waals surface area contributed by atoms with E-state index in [2.05, 4.69) is 11.4 Å². The Morgan fingerprint density at radius 1 is 1.21 bits per heavy atom. The van der Waals surface area contributed by atoms with E-state index in [0.717, 1.165) is 5.56 Å². The molecule has 4 nitrogen and oxygen atoms in total. The smallest absolute Gasteiger partial charge is 0.255 e. The molecule has 1 amide bonds. The minimum atomic E-state index is -0.208. The number of carbonyl (C=O) groups is 1. The van der Waals surface area contributed by atoms with Crippen molar-refractivity contribution >= 4 is 17.3 Å². The Balaban J connectivity index is 2.09. The number of hydrogen-bond donors (Lipinski definition) is 2. The van der Waals surface area contributed by atoms with Crippen molar-refractivity contribution < 1.29 is 4.79 Å². The summed E-state index contributed by atoms with van der Waals surface area (Å²) in [4.78, 5) is 12.0. The fourth-order valence-corrected chi connectivity index (χ4v) is 1.68. The number of nitrogens with one attached hydrogen (secondary N) is 1. The Morgan fingerprint density at radius 2 is 1.95 bits per heavy atom. The molecule has 19 heavy (non-hydrogen) atoms. The highest BCUT2D eigenvalue weighted by atomic mass is 16.1. The van der Waals surface area contributed by atoms with Crippen LogP contribution in [0.1, 0.15) is 15.9 Å². The van der Waals surface area contributed by atoms with Crippen molar-refractivity contribution in [2.45, 2.75) is 6.42 Å². The van der Waals surface area contributed by atoms with Gasteiger partial charge in [-0.1, -0.05) is 18.2 Å². The fraction of sp³-hybridized carbons (Fsp3) is 0.0667. The number of nitrogens with zero attached hydrogens (tertiary/aromatic N) is 1. The predicted octanol–water partition coefficient (Wildman–Crippen LogP) is 2.59. The second kappa shape index (κ2) is 5.69. The van der Waals surface area contributed by atoms with Crippen molar-refractivity contribution in [3.8, 4) is 6.07 Å². The van der Waals surface area contributed by atoms with Gasteiger partial charge in [0.15, 0.2) is 0 Å². The van der Waals surface area contributed by atoms with Crippen LogP contribution in [0.3, 0.4) is 0 Å². The maximum absolute atomic E-state index is 12.0. The van der Waals surface area contributed by atoms with Gasteiger partial charge < -0.3 is 11.1 Å². The summed E-state index contributed by atoms with van der Waals surface area (Å²) in [5.74, 6) is -0.208. The van der Waals surface area contributed by atoms with Crippen LogP contribution < -0.4 is 11.1 Å². The van der Waals surface area contributed by atoms with Gasteiger partial charge in [-0.05, 0) is 35.9 Å². The fourth-order valence-electron chi connectivity index (χ4n) is 1.68. The summed E-state index contributed by atoms with van der Waals surface area (Å²) in [5, 5.41) is 11.4. The van der Waals surface area contributed by atoms with E-state index >= 15 is 0 Å². The molecule has 0 aromatic heterocycles. The molecular weight excluding hydrogens is 238 g/mol. The van der Waals surface area contributed by atoms with Crippen LogP contribution in [0.15, 0.2) is 48.5 Å². The van der Waals surface area contributed by atoms with Gasteiger partial charge in [0, 0.05) is 16.9 Å². The number of nitrogens with two attached hydrogens (primary N) is 1. The average molecular weight is 251 g/mol. The minimum Gasteiger partial charge on any atom is -0.399 e. The summed E-state index contributed by atoms with van der Waals surface area (Å²) in [6.07, 6.45) is 0.365. The maximum Gasteiger partial charge on any atom is 0.255 e. The number of rotatable bonds is 3. The average Bonchev–Trinajstić information content (AvgIpc) is 2.41. The van der Waals surface area contributed by atoms with Gasteiger partial charge in [0.05, 0.1) is 12.5 Å². The van der Waals surface area contributed by atoms with E-state index in [1.54, 1.807) is 36.4 Å². The first-order valence-corrected chi connectivity index (χ1v) is 5.82. The molecule has 0 atom stereocenters. The van der Waals surface area contributed by atoms with Crippen LogP contribution in [-0.4, -0.2) is 5.91 Å². The van der Waals surface area contributed by atoms with Crippen molar-refractivity contribution in [3.63, 3.8) is 0 Å². The van der Waals surface area contributed by atoms with E-state index in [1.807, 2.05) is 12.1 Å². The number of carbonyl (C=O) groups excluding carboxylic acids is 1. The molecule has 2 aromatic rings. The van der Waals surface area contributed by atoms with Crippen molar-refractivity contribution in [1.29, 1.82) is 5.26 Å². The first-order valence-electron chi connectivity index (χ1n) is 5.82. The molecule has 3 N–H and O–H groups in total. The van der Waals surface area contributed by atoms with Crippen LogP contribution in [0.25, 0.3) is 0 Å². The largest absolute Gasteiger partial charge is 0.399 e. The van der Waals surface area contributed by atoms with Crippen LogP contribution in [-0.2, 0) is 6.42 Å². The Kier molecular flexibility index (Phi) is 3.79. The van der Waals surface area contributed by atoms with Crippen molar-refractivity contribution in [3.05, 3.63) is 59.7 Å². The number of amides is 1. The molecule has 2 rings (SSSR count). The lowest BCUT2D eigenvalue weighted by Gasteiger charge is -2.06. The Hall–Kier alpha value is -2.80.